The number of hydrogen-bond donors (Lipinski definition) is 2. The lowest BCUT2D eigenvalue weighted by molar-refractivity contribution is -0.147. The molecule has 0 unspecified atom stereocenters. The second kappa shape index (κ2) is 7.00. The van der Waals surface area contributed by atoms with Crippen molar-refractivity contribution in [2.75, 3.05) is 5.32 Å². The Morgan fingerprint density at radius 1 is 1.00 bits per heavy atom. The van der Waals surface area contributed by atoms with Crippen molar-refractivity contribution in [1.82, 2.24) is 5.32 Å². The highest BCUT2D eigenvalue weighted by Gasteiger charge is 2.42. The molecule has 0 aliphatic rings. The van der Waals surface area contributed by atoms with E-state index < -0.39 is 23.3 Å². The summed E-state index contributed by atoms with van der Waals surface area (Å²) in [5.74, 6) is -5.66. The summed E-state index contributed by atoms with van der Waals surface area (Å²) in [4.78, 5) is 23.0. The van der Waals surface area contributed by atoms with E-state index >= 15 is 0 Å². The summed E-state index contributed by atoms with van der Waals surface area (Å²) >= 11 is 0. The summed E-state index contributed by atoms with van der Waals surface area (Å²) < 4.78 is 28.8. The monoisotopic (exact) mass is 318 g/mol. The average Bonchev–Trinajstić information content (AvgIpc) is 2.53. The Hall–Kier alpha value is -2.76. The molecule has 0 saturated heterocycles. The van der Waals surface area contributed by atoms with Crippen molar-refractivity contribution in [1.29, 1.82) is 0 Å². The number of hydrogen-bond acceptors (Lipinski definition) is 2. The lowest BCUT2D eigenvalue weighted by atomic mass is 10.0. The van der Waals surface area contributed by atoms with Crippen LogP contribution in [0.1, 0.15) is 18.1 Å². The van der Waals surface area contributed by atoms with Crippen LogP contribution in [0, 0.1) is 0 Å². The highest BCUT2D eigenvalue weighted by Crippen LogP contribution is 2.33. The van der Waals surface area contributed by atoms with E-state index in [2.05, 4.69) is 10.6 Å². The summed E-state index contributed by atoms with van der Waals surface area (Å²) in [6.07, 6.45) is 0. The number of rotatable bonds is 5. The topological polar surface area (TPSA) is 58.2 Å². The van der Waals surface area contributed by atoms with Gasteiger partial charge in [0.25, 0.3) is 5.91 Å². The summed E-state index contributed by atoms with van der Waals surface area (Å²) in [7, 11) is 0. The van der Waals surface area contributed by atoms with Gasteiger partial charge in [-0.2, -0.15) is 8.78 Å². The summed E-state index contributed by atoms with van der Waals surface area (Å²) in [6, 6.07) is 14.1. The smallest absolute Gasteiger partial charge is 0.346 e. The van der Waals surface area contributed by atoms with Gasteiger partial charge in [0.15, 0.2) is 0 Å². The Balaban J connectivity index is 2.17. The number of carbonyl (C=O) groups is 2. The van der Waals surface area contributed by atoms with Gasteiger partial charge in [0.05, 0.1) is 11.3 Å². The van der Waals surface area contributed by atoms with Gasteiger partial charge in [-0.3, -0.25) is 9.59 Å². The van der Waals surface area contributed by atoms with Crippen LogP contribution in [0.4, 0.5) is 14.5 Å². The van der Waals surface area contributed by atoms with Crippen molar-refractivity contribution >= 4 is 17.5 Å². The first-order valence-corrected chi connectivity index (χ1v) is 6.98. The summed E-state index contributed by atoms with van der Waals surface area (Å²) in [5, 5.41) is 4.53. The van der Waals surface area contributed by atoms with E-state index in [0.717, 1.165) is 6.07 Å². The molecule has 0 spiro atoms. The predicted octanol–water partition coefficient (Wildman–Crippen LogP) is 3.05. The molecule has 120 valence electrons. The van der Waals surface area contributed by atoms with Gasteiger partial charge in [0, 0.05) is 13.5 Å². The van der Waals surface area contributed by atoms with Crippen LogP contribution >= 0.6 is 0 Å². The zero-order valence-corrected chi connectivity index (χ0v) is 12.5. The number of para-hydroxylation sites is 1. The van der Waals surface area contributed by atoms with E-state index in [9.17, 15) is 18.4 Å². The largest absolute Gasteiger partial charge is 0.351 e. The van der Waals surface area contributed by atoms with Gasteiger partial charge in [-0.25, -0.2) is 0 Å². The lowest BCUT2D eigenvalue weighted by Crippen LogP contribution is -2.38. The fraction of sp³-hybridized carbons (Fsp3) is 0.176. The quantitative estimate of drug-likeness (QED) is 0.890. The highest BCUT2D eigenvalue weighted by atomic mass is 19.3. The highest BCUT2D eigenvalue weighted by molar-refractivity contribution is 5.92. The molecule has 2 aromatic rings. The second-order valence-corrected chi connectivity index (χ2v) is 4.97. The van der Waals surface area contributed by atoms with E-state index in [4.69, 9.17) is 0 Å². The molecule has 2 aromatic carbocycles. The van der Waals surface area contributed by atoms with Gasteiger partial charge in [-0.15, -0.1) is 0 Å². The molecule has 2 rings (SSSR count). The molecule has 2 amide bonds. The molecule has 23 heavy (non-hydrogen) atoms. The summed E-state index contributed by atoms with van der Waals surface area (Å²) in [5.41, 5.74) is 0.0902. The first-order valence-electron chi connectivity index (χ1n) is 6.98. The molecule has 0 heterocycles. The molecule has 0 atom stereocenters. The molecule has 0 saturated carbocycles. The Morgan fingerprint density at radius 3 is 2.26 bits per heavy atom. The number of nitrogens with one attached hydrogen (secondary N) is 2. The normalized spacial score (nSPS) is 10.9. The first kappa shape index (κ1) is 16.6. The Kier molecular flexibility index (Phi) is 5.05. The molecule has 4 nitrogen and oxygen atoms in total. The maximum absolute atomic E-state index is 14.4. The standard InChI is InChI=1S/C17H16F2N2O2/c1-12(22)21-15-10-6-5-9-14(15)17(18,19)16(23)20-11-13-7-3-2-4-8-13/h2-10H,11H2,1H3,(H,20,23)(H,21,22). The Labute approximate surface area is 132 Å². The van der Waals surface area contributed by atoms with Gasteiger partial charge in [0.2, 0.25) is 5.91 Å². The van der Waals surface area contributed by atoms with Crippen molar-refractivity contribution in [3.8, 4) is 0 Å². The third-order valence-electron chi connectivity index (χ3n) is 3.16. The number of anilines is 1. The Morgan fingerprint density at radius 2 is 1.61 bits per heavy atom. The van der Waals surface area contributed by atoms with Crippen LogP contribution in [-0.4, -0.2) is 11.8 Å². The van der Waals surface area contributed by atoms with Crippen molar-refractivity contribution in [3.63, 3.8) is 0 Å². The fourth-order valence-electron chi connectivity index (χ4n) is 2.07. The van der Waals surface area contributed by atoms with Crippen molar-refractivity contribution in [2.24, 2.45) is 0 Å². The van der Waals surface area contributed by atoms with E-state index in [-0.39, 0.29) is 12.2 Å². The van der Waals surface area contributed by atoms with E-state index in [1.54, 1.807) is 30.3 Å². The van der Waals surface area contributed by atoms with Crippen LogP contribution in [-0.2, 0) is 22.1 Å². The van der Waals surface area contributed by atoms with Crippen LogP contribution in [0.3, 0.4) is 0 Å². The van der Waals surface area contributed by atoms with Gasteiger partial charge in [-0.1, -0.05) is 48.5 Å². The average molecular weight is 318 g/mol. The van der Waals surface area contributed by atoms with Crippen molar-refractivity contribution in [2.45, 2.75) is 19.4 Å². The molecule has 2 N–H and O–H groups in total. The van der Waals surface area contributed by atoms with E-state index in [0.29, 0.717) is 5.56 Å². The predicted molar refractivity (Wildman–Crippen MR) is 82.9 cm³/mol. The summed E-state index contributed by atoms with van der Waals surface area (Å²) in [6.45, 7) is 1.21. The third kappa shape index (κ3) is 4.12. The minimum absolute atomic E-state index is 0.00241. The lowest BCUT2D eigenvalue weighted by Gasteiger charge is -2.19. The number of amides is 2. The van der Waals surface area contributed by atoms with E-state index in [1.165, 1.54) is 25.1 Å². The molecular formula is C17H16F2N2O2. The molecule has 0 fully saturated rings. The minimum Gasteiger partial charge on any atom is -0.346 e. The molecular weight excluding hydrogens is 302 g/mol. The minimum atomic E-state index is -3.76. The van der Waals surface area contributed by atoms with Crippen molar-refractivity contribution in [3.05, 3.63) is 65.7 Å². The first-order chi connectivity index (χ1) is 10.9. The molecule has 6 heteroatoms. The second-order valence-electron chi connectivity index (χ2n) is 4.97. The van der Waals surface area contributed by atoms with Gasteiger partial charge in [-0.05, 0) is 11.6 Å². The van der Waals surface area contributed by atoms with Crippen LogP contribution < -0.4 is 10.6 Å². The van der Waals surface area contributed by atoms with Gasteiger partial charge < -0.3 is 10.6 Å². The zero-order valence-electron chi connectivity index (χ0n) is 12.5. The van der Waals surface area contributed by atoms with Crippen LogP contribution in [0.15, 0.2) is 54.6 Å². The van der Waals surface area contributed by atoms with Crippen LogP contribution in [0.2, 0.25) is 0 Å². The maximum Gasteiger partial charge on any atom is 0.351 e. The fourth-order valence-corrected chi connectivity index (χ4v) is 2.07. The van der Waals surface area contributed by atoms with Crippen LogP contribution in [0.25, 0.3) is 0 Å². The number of halogens is 2. The number of carbonyl (C=O) groups excluding carboxylic acids is 2. The molecule has 0 radical (unpaired) electrons. The molecule has 0 bridgehead atoms. The zero-order chi connectivity index (χ0) is 16.9. The number of alkyl halides is 2. The van der Waals surface area contributed by atoms with Gasteiger partial charge >= 0.3 is 5.92 Å². The van der Waals surface area contributed by atoms with Crippen LogP contribution in [0.5, 0.6) is 0 Å². The third-order valence-corrected chi connectivity index (χ3v) is 3.16. The molecule has 0 aromatic heterocycles. The van der Waals surface area contributed by atoms with Crippen molar-refractivity contribution < 1.29 is 18.4 Å². The molecule has 0 aliphatic heterocycles. The van der Waals surface area contributed by atoms with E-state index in [1.807, 2.05) is 0 Å². The SMILES string of the molecule is CC(=O)Nc1ccccc1C(F)(F)C(=O)NCc1ccccc1. The van der Waals surface area contributed by atoms with Gasteiger partial charge in [0.1, 0.15) is 0 Å². The maximum atomic E-state index is 14.4. The molecule has 0 aliphatic carbocycles. The Bertz CT molecular complexity index is 703. The number of benzene rings is 2.